The molecule has 1 aromatic rings. The highest BCUT2D eigenvalue weighted by Gasteiger charge is 2.07. The van der Waals surface area contributed by atoms with E-state index < -0.39 is 0 Å². The van der Waals surface area contributed by atoms with E-state index in [1.807, 2.05) is 14.1 Å². The van der Waals surface area contributed by atoms with Crippen molar-refractivity contribution in [3.8, 4) is 0 Å². The first kappa shape index (κ1) is 10.1. The number of hydrogen-bond acceptors (Lipinski definition) is 2. The molecule has 0 amide bonds. The second-order valence-electron chi connectivity index (χ2n) is 3.56. The average molecular weight is 182 g/mol. The lowest BCUT2D eigenvalue weighted by atomic mass is 10.1. The molecule has 0 saturated heterocycles. The van der Waals surface area contributed by atoms with Gasteiger partial charge in [-0.25, -0.2) is 4.39 Å². The van der Waals surface area contributed by atoms with Crippen LogP contribution in [0.15, 0.2) is 18.3 Å². The van der Waals surface area contributed by atoms with Crippen molar-refractivity contribution >= 4 is 0 Å². The van der Waals surface area contributed by atoms with Crippen LogP contribution in [0, 0.1) is 5.82 Å². The van der Waals surface area contributed by atoms with E-state index in [1.165, 1.54) is 12.3 Å². The quantitative estimate of drug-likeness (QED) is 0.709. The average Bonchev–Trinajstić information content (AvgIpc) is 2.04. The van der Waals surface area contributed by atoms with Crippen molar-refractivity contribution in [3.63, 3.8) is 0 Å². The molecule has 1 atom stereocenters. The Morgan fingerprint density at radius 2 is 2.15 bits per heavy atom. The first-order chi connectivity index (χ1) is 6.09. The highest BCUT2D eigenvalue weighted by molar-refractivity contribution is 5.09. The van der Waals surface area contributed by atoms with Gasteiger partial charge in [0, 0.05) is 18.2 Å². The molecule has 1 unspecified atom stereocenters. The van der Waals surface area contributed by atoms with Gasteiger partial charge in [-0.15, -0.1) is 0 Å². The predicted octanol–water partition coefficient (Wildman–Crippen LogP) is 1.89. The Morgan fingerprint density at radius 3 is 2.62 bits per heavy atom. The second-order valence-corrected chi connectivity index (χ2v) is 3.56. The summed E-state index contributed by atoms with van der Waals surface area (Å²) in [6, 6.07) is 3.19. The van der Waals surface area contributed by atoms with E-state index in [0.29, 0.717) is 5.92 Å². The Balaban J connectivity index is 2.66. The zero-order valence-electron chi connectivity index (χ0n) is 8.29. The summed E-state index contributed by atoms with van der Waals surface area (Å²) in [5.74, 6) is 0.0661. The minimum Gasteiger partial charge on any atom is -0.309 e. The van der Waals surface area contributed by atoms with Gasteiger partial charge in [0.15, 0.2) is 0 Å². The molecular weight excluding hydrogens is 167 g/mol. The molecule has 2 nitrogen and oxygen atoms in total. The molecule has 72 valence electrons. The van der Waals surface area contributed by atoms with Crippen LogP contribution in [0.1, 0.15) is 18.5 Å². The summed E-state index contributed by atoms with van der Waals surface area (Å²) in [7, 11) is 4.03. The molecule has 3 heteroatoms. The van der Waals surface area contributed by atoms with Crippen LogP contribution in [0.25, 0.3) is 0 Å². The van der Waals surface area contributed by atoms with Crippen molar-refractivity contribution in [1.82, 2.24) is 9.88 Å². The third kappa shape index (κ3) is 3.11. The smallest absolute Gasteiger partial charge is 0.141 e. The van der Waals surface area contributed by atoms with Crippen LogP contribution in [0.5, 0.6) is 0 Å². The van der Waals surface area contributed by atoms with Gasteiger partial charge in [-0.1, -0.05) is 6.92 Å². The SMILES string of the molecule is CC(CN(C)C)c1ccc(F)cn1. The van der Waals surface area contributed by atoms with Crippen molar-refractivity contribution in [2.45, 2.75) is 12.8 Å². The van der Waals surface area contributed by atoms with Crippen molar-refractivity contribution in [3.05, 3.63) is 29.8 Å². The topological polar surface area (TPSA) is 16.1 Å². The Hall–Kier alpha value is -0.960. The minimum atomic E-state index is -0.277. The number of aromatic nitrogens is 1. The first-order valence-electron chi connectivity index (χ1n) is 4.36. The third-order valence-corrected chi connectivity index (χ3v) is 1.89. The Kier molecular flexibility index (Phi) is 3.37. The lowest BCUT2D eigenvalue weighted by Gasteiger charge is -2.15. The lowest BCUT2D eigenvalue weighted by Crippen LogP contribution is -2.19. The van der Waals surface area contributed by atoms with E-state index in [-0.39, 0.29) is 5.82 Å². The number of rotatable bonds is 3. The van der Waals surface area contributed by atoms with Gasteiger partial charge in [-0.05, 0) is 26.2 Å². The molecule has 0 fully saturated rings. The summed E-state index contributed by atoms with van der Waals surface area (Å²) in [4.78, 5) is 6.12. The van der Waals surface area contributed by atoms with E-state index in [9.17, 15) is 4.39 Å². The molecule has 1 heterocycles. The molecule has 0 aliphatic rings. The Bertz CT molecular complexity index is 256. The molecule has 0 saturated carbocycles. The fourth-order valence-electron chi connectivity index (χ4n) is 1.32. The molecule has 0 radical (unpaired) electrons. The molecule has 0 spiro atoms. The van der Waals surface area contributed by atoms with Crippen molar-refractivity contribution in [2.24, 2.45) is 0 Å². The van der Waals surface area contributed by atoms with Crippen LogP contribution in [0.4, 0.5) is 4.39 Å². The second kappa shape index (κ2) is 4.33. The van der Waals surface area contributed by atoms with E-state index >= 15 is 0 Å². The highest BCUT2D eigenvalue weighted by Crippen LogP contribution is 2.12. The summed E-state index contributed by atoms with van der Waals surface area (Å²) < 4.78 is 12.5. The number of hydrogen-bond donors (Lipinski definition) is 0. The maximum Gasteiger partial charge on any atom is 0.141 e. The summed E-state index contributed by atoms with van der Waals surface area (Å²) in [6.07, 6.45) is 1.27. The summed E-state index contributed by atoms with van der Waals surface area (Å²) in [5.41, 5.74) is 0.940. The van der Waals surface area contributed by atoms with Crippen LogP contribution in [-0.4, -0.2) is 30.5 Å². The van der Waals surface area contributed by atoms with Gasteiger partial charge in [0.05, 0.1) is 6.20 Å². The molecule has 1 rings (SSSR count). The van der Waals surface area contributed by atoms with Crippen LogP contribution >= 0.6 is 0 Å². The first-order valence-corrected chi connectivity index (χ1v) is 4.36. The van der Waals surface area contributed by atoms with E-state index in [4.69, 9.17) is 0 Å². The zero-order valence-corrected chi connectivity index (χ0v) is 8.29. The molecule has 0 bridgehead atoms. The molecule has 1 aromatic heterocycles. The van der Waals surface area contributed by atoms with Crippen LogP contribution < -0.4 is 0 Å². The zero-order chi connectivity index (χ0) is 9.84. The largest absolute Gasteiger partial charge is 0.309 e. The Labute approximate surface area is 78.4 Å². The molecule has 0 aliphatic carbocycles. The van der Waals surface area contributed by atoms with Crippen molar-refractivity contribution in [2.75, 3.05) is 20.6 Å². The van der Waals surface area contributed by atoms with E-state index in [1.54, 1.807) is 6.07 Å². The Morgan fingerprint density at radius 1 is 1.46 bits per heavy atom. The van der Waals surface area contributed by atoms with Gasteiger partial charge in [0.25, 0.3) is 0 Å². The fourth-order valence-corrected chi connectivity index (χ4v) is 1.32. The van der Waals surface area contributed by atoms with Gasteiger partial charge >= 0.3 is 0 Å². The van der Waals surface area contributed by atoms with E-state index in [0.717, 1.165) is 12.2 Å². The maximum atomic E-state index is 12.5. The fraction of sp³-hybridized carbons (Fsp3) is 0.500. The van der Waals surface area contributed by atoms with Crippen LogP contribution in [-0.2, 0) is 0 Å². The van der Waals surface area contributed by atoms with Crippen molar-refractivity contribution in [1.29, 1.82) is 0 Å². The monoisotopic (exact) mass is 182 g/mol. The molecule has 13 heavy (non-hydrogen) atoms. The molecule has 0 aliphatic heterocycles. The normalized spacial score (nSPS) is 13.3. The van der Waals surface area contributed by atoms with Gasteiger partial charge in [-0.2, -0.15) is 0 Å². The van der Waals surface area contributed by atoms with Gasteiger partial charge in [0.2, 0.25) is 0 Å². The van der Waals surface area contributed by atoms with Gasteiger partial charge < -0.3 is 4.90 Å². The van der Waals surface area contributed by atoms with Crippen LogP contribution in [0.2, 0.25) is 0 Å². The number of nitrogens with zero attached hydrogens (tertiary/aromatic N) is 2. The number of pyridine rings is 1. The lowest BCUT2D eigenvalue weighted by molar-refractivity contribution is 0.380. The van der Waals surface area contributed by atoms with Gasteiger partial charge in [0.1, 0.15) is 5.82 Å². The maximum absolute atomic E-state index is 12.5. The van der Waals surface area contributed by atoms with Crippen LogP contribution in [0.3, 0.4) is 0 Å². The minimum absolute atomic E-state index is 0.277. The van der Waals surface area contributed by atoms with Crippen molar-refractivity contribution < 1.29 is 4.39 Å². The van der Waals surface area contributed by atoms with E-state index in [2.05, 4.69) is 16.8 Å². The van der Waals surface area contributed by atoms with Gasteiger partial charge in [-0.3, -0.25) is 4.98 Å². The molecular formula is C10H15FN2. The summed E-state index contributed by atoms with van der Waals surface area (Å²) >= 11 is 0. The summed E-state index contributed by atoms with van der Waals surface area (Å²) in [6.45, 7) is 3.01. The predicted molar refractivity (Wildman–Crippen MR) is 51.2 cm³/mol. The summed E-state index contributed by atoms with van der Waals surface area (Å²) in [5, 5.41) is 0. The standard InChI is InChI=1S/C10H15FN2/c1-8(7-13(2)3)10-5-4-9(11)6-12-10/h4-6,8H,7H2,1-3H3. The number of halogens is 1. The highest BCUT2D eigenvalue weighted by atomic mass is 19.1. The molecule has 0 N–H and O–H groups in total. The molecule has 0 aromatic carbocycles. The number of likely N-dealkylation sites (N-methyl/N-ethyl adjacent to an activating group) is 1. The third-order valence-electron chi connectivity index (χ3n) is 1.89.